The summed E-state index contributed by atoms with van der Waals surface area (Å²) < 4.78 is 19.5. The Bertz CT molecular complexity index is 1170. The lowest BCUT2D eigenvalue weighted by Gasteiger charge is -2.21. The highest BCUT2D eigenvalue weighted by molar-refractivity contribution is 14.1. The molecule has 0 atom stereocenters. The van der Waals surface area contributed by atoms with E-state index in [1.54, 1.807) is 44.0 Å². The van der Waals surface area contributed by atoms with Crippen molar-refractivity contribution in [2.45, 2.75) is 46.0 Å². The van der Waals surface area contributed by atoms with Crippen molar-refractivity contribution < 1.29 is 19.0 Å². The highest BCUT2D eigenvalue weighted by Crippen LogP contribution is 2.31. The van der Waals surface area contributed by atoms with Gasteiger partial charge in [-0.3, -0.25) is 4.79 Å². The first-order chi connectivity index (χ1) is 16.7. The van der Waals surface area contributed by atoms with Crippen molar-refractivity contribution in [2.24, 2.45) is 0 Å². The number of anilines is 1. The van der Waals surface area contributed by atoms with Crippen LogP contribution in [0.15, 0.2) is 36.4 Å². The lowest BCUT2D eigenvalue weighted by Crippen LogP contribution is -2.16. The van der Waals surface area contributed by atoms with Gasteiger partial charge in [0, 0.05) is 17.8 Å². The van der Waals surface area contributed by atoms with Gasteiger partial charge in [-0.05, 0) is 59.4 Å². The van der Waals surface area contributed by atoms with Gasteiger partial charge in [0.25, 0.3) is 5.91 Å². The average molecular weight is 592 g/mol. The molecule has 3 aromatic rings. The van der Waals surface area contributed by atoms with Crippen LogP contribution < -0.4 is 19.5 Å². The minimum atomic E-state index is -0.350. The Hall–Kier alpha value is -2.82. The van der Waals surface area contributed by atoms with E-state index in [0.29, 0.717) is 35.2 Å². The van der Waals surface area contributed by atoms with Crippen molar-refractivity contribution in [3.63, 3.8) is 0 Å². The van der Waals surface area contributed by atoms with E-state index >= 15 is 0 Å². The van der Waals surface area contributed by atoms with E-state index in [1.165, 1.54) is 0 Å². The average Bonchev–Trinajstić information content (AvgIpc) is 3.22. The maximum Gasteiger partial charge on any atom is 0.278 e. The largest absolute Gasteiger partial charge is 0.497 e. The zero-order valence-corrected chi connectivity index (χ0v) is 23.3. The Balaban J connectivity index is 1.88. The van der Waals surface area contributed by atoms with Crippen LogP contribution in [0.25, 0.3) is 5.69 Å². The molecule has 1 aromatic heterocycles. The molecule has 8 nitrogen and oxygen atoms in total. The van der Waals surface area contributed by atoms with Crippen molar-refractivity contribution in [3.8, 4) is 22.9 Å². The van der Waals surface area contributed by atoms with Crippen molar-refractivity contribution in [1.82, 2.24) is 15.0 Å². The monoisotopic (exact) mass is 592 g/mol. The number of nitrogens with one attached hydrogen (secondary N) is 1. The summed E-state index contributed by atoms with van der Waals surface area (Å²) in [4.78, 5) is 13.2. The molecule has 0 aliphatic heterocycles. The third-order valence-electron chi connectivity index (χ3n) is 5.55. The van der Waals surface area contributed by atoms with E-state index in [2.05, 4.69) is 59.0 Å². The number of halogens is 1. The van der Waals surface area contributed by atoms with Crippen molar-refractivity contribution in [3.05, 3.63) is 53.3 Å². The van der Waals surface area contributed by atoms with Crippen LogP contribution in [0.2, 0.25) is 0 Å². The van der Waals surface area contributed by atoms with Gasteiger partial charge < -0.3 is 19.5 Å². The maximum absolute atomic E-state index is 13.2. The van der Waals surface area contributed by atoms with Crippen LogP contribution in [0.1, 0.15) is 55.4 Å². The summed E-state index contributed by atoms with van der Waals surface area (Å²) in [5, 5.41) is 11.3. The normalized spacial score (nSPS) is 11.3. The van der Waals surface area contributed by atoms with Crippen LogP contribution >= 0.6 is 22.6 Å². The van der Waals surface area contributed by atoms with Gasteiger partial charge in [-0.15, -0.1) is 5.10 Å². The van der Waals surface area contributed by atoms with Crippen LogP contribution in [0.5, 0.6) is 17.2 Å². The molecule has 0 unspecified atom stereocenters. The Kier molecular flexibility index (Phi) is 8.98. The van der Waals surface area contributed by atoms with Gasteiger partial charge in [-0.1, -0.05) is 48.6 Å². The summed E-state index contributed by atoms with van der Waals surface area (Å²) in [6.07, 6.45) is 2.09. The molecule has 188 valence electrons. The van der Waals surface area contributed by atoms with E-state index < -0.39 is 0 Å². The number of ether oxygens (including phenoxy) is 3. The number of hydrogen-bond donors (Lipinski definition) is 1. The Morgan fingerprint density at radius 1 is 1.06 bits per heavy atom. The second-order valence-corrected chi connectivity index (χ2v) is 10.2. The van der Waals surface area contributed by atoms with Crippen LogP contribution in [0, 0.1) is 6.92 Å². The van der Waals surface area contributed by atoms with Crippen LogP contribution in [0.4, 0.5) is 5.69 Å². The number of alkyl halides is 1. The Labute approximate surface area is 220 Å². The fraction of sp³-hybridized carbons (Fsp3) is 0.423. The summed E-state index contributed by atoms with van der Waals surface area (Å²) in [5.74, 6) is 1.62. The number of amides is 1. The summed E-state index contributed by atoms with van der Waals surface area (Å²) >= 11 is 2.37. The number of carbonyl (C=O) groups excluding carboxylic acids is 1. The van der Waals surface area contributed by atoms with E-state index in [1.807, 2.05) is 18.2 Å². The number of rotatable bonds is 10. The molecule has 1 amide bonds. The minimum absolute atomic E-state index is 0.108. The van der Waals surface area contributed by atoms with Crippen molar-refractivity contribution >= 4 is 34.2 Å². The van der Waals surface area contributed by atoms with Crippen LogP contribution in [-0.4, -0.2) is 46.2 Å². The fourth-order valence-electron chi connectivity index (χ4n) is 3.49. The number of benzene rings is 2. The van der Waals surface area contributed by atoms with E-state index in [0.717, 1.165) is 28.6 Å². The second-order valence-electron chi connectivity index (χ2n) is 9.17. The molecule has 0 aliphatic rings. The highest BCUT2D eigenvalue weighted by atomic mass is 127. The molecule has 9 heteroatoms. The molecule has 0 saturated carbocycles. The van der Waals surface area contributed by atoms with Crippen LogP contribution in [-0.2, 0) is 5.41 Å². The lowest BCUT2D eigenvalue weighted by atomic mass is 9.86. The van der Waals surface area contributed by atoms with Gasteiger partial charge in [-0.2, -0.15) is 0 Å². The molecule has 0 bridgehead atoms. The third kappa shape index (κ3) is 6.65. The number of aromatic nitrogens is 3. The SMILES string of the molecule is COc1ccc(OC)c(-n2nnc(C(=O)Nc3cc(OCCCCI)cc(C(C)(C)C)c3)c2C)c1. The molecule has 35 heavy (non-hydrogen) atoms. The number of nitrogens with zero attached hydrogens (tertiary/aromatic N) is 3. The van der Waals surface area contributed by atoms with Gasteiger partial charge in [0.2, 0.25) is 0 Å². The number of carbonyl (C=O) groups is 1. The summed E-state index contributed by atoms with van der Waals surface area (Å²) in [7, 11) is 3.17. The predicted molar refractivity (Wildman–Crippen MR) is 146 cm³/mol. The molecule has 1 N–H and O–H groups in total. The Morgan fingerprint density at radius 2 is 1.83 bits per heavy atom. The number of methoxy groups -OCH3 is 2. The summed E-state index contributed by atoms with van der Waals surface area (Å²) in [5.41, 5.74) is 3.05. The van der Waals surface area contributed by atoms with E-state index in [4.69, 9.17) is 14.2 Å². The topological polar surface area (TPSA) is 87.5 Å². The first-order valence-corrected chi connectivity index (χ1v) is 13.0. The molecule has 0 fully saturated rings. The summed E-state index contributed by atoms with van der Waals surface area (Å²) in [6, 6.07) is 11.2. The molecule has 0 radical (unpaired) electrons. The van der Waals surface area contributed by atoms with Crippen molar-refractivity contribution in [2.75, 3.05) is 30.6 Å². The number of unbranched alkanes of at least 4 members (excludes halogenated alkanes) is 1. The fourth-order valence-corrected chi connectivity index (χ4v) is 4.03. The van der Waals surface area contributed by atoms with Gasteiger partial charge in [0.15, 0.2) is 5.69 Å². The molecule has 1 heterocycles. The molecule has 2 aromatic carbocycles. The molecule has 0 spiro atoms. The van der Waals surface area contributed by atoms with E-state index in [-0.39, 0.29) is 17.0 Å². The van der Waals surface area contributed by atoms with Gasteiger partial charge >= 0.3 is 0 Å². The quantitative estimate of drug-likeness (QED) is 0.184. The predicted octanol–water partition coefficient (Wildman–Crippen LogP) is 5.74. The highest BCUT2D eigenvalue weighted by Gasteiger charge is 2.21. The smallest absolute Gasteiger partial charge is 0.278 e. The molecule has 0 aliphatic carbocycles. The van der Waals surface area contributed by atoms with Crippen LogP contribution in [0.3, 0.4) is 0 Å². The third-order valence-corrected chi connectivity index (χ3v) is 6.31. The first-order valence-electron chi connectivity index (χ1n) is 11.5. The molecule has 3 rings (SSSR count). The van der Waals surface area contributed by atoms with Gasteiger partial charge in [0.1, 0.15) is 22.9 Å². The molecular formula is C26H33IN4O4. The second kappa shape index (κ2) is 11.7. The zero-order chi connectivity index (χ0) is 25.6. The first kappa shape index (κ1) is 26.8. The Morgan fingerprint density at radius 3 is 2.49 bits per heavy atom. The number of hydrogen-bond acceptors (Lipinski definition) is 6. The lowest BCUT2D eigenvalue weighted by molar-refractivity contribution is 0.102. The zero-order valence-electron chi connectivity index (χ0n) is 21.1. The minimum Gasteiger partial charge on any atom is -0.497 e. The molecular weight excluding hydrogens is 559 g/mol. The van der Waals surface area contributed by atoms with Gasteiger partial charge in [-0.25, -0.2) is 4.68 Å². The van der Waals surface area contributed by atoms with E-state index in [9.17, 15) is 4.79 Å². The maximum atomic E-state index is 13.2. The standard InChI is InChI=1S/C26H33IN4O4/c1-17-24(29-30-31(17)22-16-20(33-5)9-10-23(22)34-6)25(32)28-19-13-18(26(2,3)4)14-21(15-19)35-12-8-7-11-27/h9-10,13-16H,7-8,11-12H2,1-6H3,(H,28,32). The van der Waals surface area contributed by atoms with Gasteiger partial charge in [0.05, 0.1) is 26.5 Å². The summed E-state index contributed by atoms with van der Waals surface area (Å²) in [6.45, 7) is 8.82. The van der Waals surface area contributed by atoms with Crippen molar-refractivity contribution in [1.29, 1.82) is 0 Å². The molecule has 0 saturated heterocycles.